The van der Waals surface area contributed by atoms with Crippen LogP contribution in [0.5, 0.6) is 5.75 Å². The number of aliphatic hydroxyl groups is 1. The predicted molar refractivity (Wildman–Crippen MR) is 92.5 cm³/mol. The smallest absolute Gasteiger partial charge is 0.406 e. The molecule has 0 aromatic heterocycles. The number of halogens is 3. The van der Waals surface area contributed by atoms with Crippen molar-refractivity contribution in [1.29, 1.82) is 0 Å². The quantitative estimate of drug-likeness (QED) is 0.519. The van der Waals surface area contributed by atoms with Crippen LogP contribution in [-0.2, 0) is 19.6 Å². The minimum Gasteiger partial charge on any atom is -0.406 e. The lowest BCUT2D eigenvalue weighted by Crippen LogP contribution is -2.33. The molecule has 0 aliphatic rings. The topological polar surface area (TPSA) is 79.9 Å². The number of nitrogens with zero attached hydrogens (tertiary/aromatic N) is 1. The zero-order chi connectivity index (χ0) is 19.0. The molecule has 0 unspecified atom stereocenters. The zero-order valence-corrected chi connectivity index (χ0v) is 14.0. The first kappa shape index (κ1) is 19.6. The maximum Gasteiger partial charge on any atom is 0.573 e. The minimum absolute atomic E-state index is 0.0153. The maximum atomic E-state index is 12.1. The van der Waals surface area contributed by atoms with Crippen LogP contribution < -0.4 is 15.8 Å². The molecular weight excluding hydrogens is 347 g/mol. The van der Waals surface area contributed by atoms with Gasteiger partial charge in [0.15, 0.2) is 5.96 Å². The van der Waals surface area contributed by atoms with E-state index < -0.39 is 6.36 Å². The van der Waals surface area contributed by atoms with E-state index in [1.54, 1.807) is 0 Å². The monoisotopic (exact) mass is 367 g/mol. The van der Waals surface area contributed by atoms with Crippen LogP contribution in [0.1, 0.15) is 16.7 Å². The largest absolute Gasteiger partial charge is 0.573 e. The third kappa shape index (κ3) is 7.02. The molecule has 5 nitrogen and oxygen atoms in total. The van der Waals surface area contributed by atoms with E-state index in [-0.39, 0.29) is 24.9 Å². The molecule has 0 aliphatic carbocycles. The van der Waals surface area contributed by atoms with E-state index in [0.717, 1.165) is 17.5 Å². The van der Waals surface area contributed by atoms with Crippen molar-refractivity contribution in [3.63, 3.8) is 0 Å². The Bertz CT molecular complexity index is 714. The fourth-order valence-corrected chi connectivity index (χ4v) is 2.18. The van der Waals surface area contributed by atoms with Crippen LogP contribution in [0.3, 0.4) is 0 Å². The Hall–Kier alpha value is -2.74. The molecule has 2 aromatic rings. The number of rotatable bonds is 7. The van der Waals surface area contributed by atoms with Gasteiger partial charge in [-0.1, -0.05) is 36.4 Å². The standard InChI is InChI=1S/C18H20F3N3O2/c19-18(20,21)26-16-7-5-14(6-8-16)11-24-17(22)23-10-9-13-1-3-15(12-25)4-2-13/h1-8,25H,9-12H2,(H3,22,23,24). The van der Waals surface area contributed by atoms with Gasteiger partial charge in [0.1, 0.15) is 5.75 Å². The third-order valence-electron chi connectivity index (χ3n) is 3.51. The lowest BCUT2D eigenvalue weighted by atomic mass is 10.1. The first-order valence-corrected chi connectivity index (χ1v) is 7.93. The second-order valence-corrected chi connectivity index (χ2v) is 5.54. The molecule has 4 N–H and O–H groups in total. The SMILES string of the molecule is NC(=NCc1ccc(OC(F)(F)F)cc1)NCCc1ccc(CO)cc1. The summed E-state index contributed by atoms with van der Waals surface area (Å²) in [6.07, 6.45) is -3.96. The molecule has 140 valence electrons. The third-order valence-corrected chi connectivity index (χ3v) is 3.51. The van der Waals surface area contributed by atoms with Gasteiger partial charge in [-0.2, -0.15) is 0 Å². The van der Waals surface area contributed by atoms with Gasteiger partial charge in [-0.05, 0) is 35.2 Å². The highest BCUT2D eigenvalue weighted by Crippen LogP contribution is 2.22. The van der Waals surface area contributed by atoms with Gasteiger partial charge in [0.2, 0.25) is 0 Å². The molecule has 0 atom stereocenters. The van der Waals surface area contributed by atoms with Gasteiger partial charge >= 0.3 is 6.36 Å². The van der Waals surface area contributed by atoms with E-state index in [4.69, 9.17) is 10.8 Å². The fourth-order valence-electron chi connectivity index (χ4n) is 2.18. The molecule has 0 radical (unpaired) electrons. The lowest BCUT2D eigenvalue weighted by molar-refractivity contribution is -0.274. The van der Waals surface area contributed by atoms with Gasteiger partial charge in [-0.25, -0.2) is 4.99 Å². The first-order valence-electron chi connectivity index (χ1n) is 7.93. The Morgan fingerprint density at radius 2 is 1.58 bits per heavy atom. The van der Waals surface area contributed by atoms with Crippen LogP contribution in [0.2, 0.25) is 0 Å². The highest BCUT2D eigenvalue weighted by molar-refractivity contribution is 5.77. The summed E-state index contributed by atoms with van der Waals surface area (Å²) >= 11 is 0. The average Bonchev–Trinajstić information content (AvgIpc) is 2.60. The summed E-state index contributed by atoms with van der Waals surface area (Å²) in [7, 11) is 0. The van der Waals surface area contributed by atoms with Crippen LogP contribution in [0.25, 0.3) is 0 Å². The van der Waals surface area contributed by atoms with Crippen molar-refractivity contribution >= 4 is 5.96 Å². The number of benzene rings is 2. The molecule has 0 bridgehead atoms. The molecule has 0 fully saturated rings. The number of guanidine groups is 1. The predicted octanol–water partition coefficient (Wildman–Crippen LogP) is 2.72. The van der Waals surface area contributed by atoms with Crippen LogP contribution in [0.4, 0.5) is 13.2 Å². The van der Waals surface area contributed by atoms with Gasteiger partial charge in [0.25, 0.3) is 0 Å². The van der Waals surface area contributed by atoms with Crippen molar-refractivity contribution in [3.05, 3.63) is 65.2 Å². The number of hydrogen-bond donors (Lipinski definition) is 3. The Labute approximate surface area is 149 Å². The second-order valence-electron chi connectivity index (χ2n) is 5.54. The molecule has 0 saturated heterocycles. The molecule has 0 heterocycles. The highest BCUT2D eigenvalue weighted by Gasteiger charge is 2.30. The van der Waals surface area contributed by atoms with Gasteiger partial charge in [-0.15, -0.1) is 13.2 Å². The number of aliphatic hydroxyl groups excluding tert-OH is 1. The van der Waals surface area contributed by atoms with E-state index in [9.17, 15) is 13.2 Å². The van der Waals surface area contributed by atoms with Crippen molar-refractivity contribution < 1.29 is 23.0 Å². The van der Waals surface area contributed by atoms with Crippen molar-refractivity contribution in [2.45, 2.75) is 25.9 Å². The van der Waals surface area contributed by atoms with E-state index in [1.165, 1.54) is 24.3 Å². The molecular formula is C18H20F3N3O2. The fraction of sp³-hybridized carbons (Fsp3) is 0.278. The number of nitrogens with one attached hydrogen (secondary N) is 1. The summed E-state index contributed by atoms with van der Waals surface area (Å²) in [6.45, 7) is 0.851. The molecule has 8 heteroatoms. The Morgan fingerprint density at radius 3 is 2.15 bits per heavy atom. The zero-order valence-electron chi connectivity index (χ0n) is 14.0. The van der Waals surface area contributed by atoms with Crippen molar-refractivity contribution in [2.24, 2.45) is 10.7 Å². The van der Waals surface area contributed by atoms with E-state index in [1.807, 2.05) is 24.3 Å². The van der Waals surface area contributed by atoms with E-state index in [0.29, 0.717) is 12.1 Å². The summed E-state index contributed by atoms with van der Waals surface area (Å²) in [4.78, 5) is 4.14. The van der Waals surface area contributed by atoms with Gasteiger partial charge in [0.05, 0.1) is 13.2 Å². The molecule has 2 aromatic carbocycles. The molecule has 2 rings (SSSR count). The summed E-state index contributed by atoms with van der Waals surface area (Å²) < 4.78 is 40.1. The summed E-state index contributed by atoms with van der Waals surface area (Å²) in [6, 6.07) is 13.1. The number of ether oxygens (including phenoxy) is 1. The summed E-state index contributed by atoms with van der Waals surface area (Å²) in [5.74, 6) is -0.0175. The van der Waals surface area contributed by atoms with Crippen LogP contribution >= 0.6 is 0 Å². The van der Waals surface area contributed by atoms with Gasteiger partial charge in [0, 0.05) is 6.54 Å². The first-order chi connectivity index (χ1) is 12.4. The Kier molecular flexibility index (Phi) is 6.85. The van der Waals surface area contributed by atoms with Crippen LogP contribution in [-0.4, -0.2) is 24.0 Å². The summed E-state index contributed by atoms with van der Waals surface area (Å²) in [5, 5.41) is 12.0. The number of aliphatic imine (C=N–C) groups is 1. The Morgan fingerprint density at radius 1 is 1.00 bits per heavy atom. The van der Waals surface area contributed by atoms with E-state index in [2.05, 4.69) is 15.0 Å². The van der Waals surface area contributed by atoms with Crippen molar-refractivity contribution in [3.8, 4) is 5.75 Å². The lowest BCUT2D eigenvalue weighted by Gasteiger charge is -2.09. The van der Waals surface area contributed by atoms with Crippen molar-refractivity contribution in [2.75, 3.05) is 6.54 Å². The minimum atomic E-state index is -4.70. The second kappa shape index (κ2) is 9.10. The molecule has 0 amide bonds. The van der Waals surface area contributed by atoms with E-state index >= 15 is 0 Å². The number of hydrogen-bond acceptors (Lipinski definition) is 3. The number of nitrogens with two attached hydrogens (primary N) is 1. The normalized spacial score (nSPS) is 12.1. The van der Waals surface area contributed by atoms with Gasteiger partial charge in [-0.3, -0.25) is 0 Å². The molecule has 0 spiro atoms. The Balaban J connectivity index is 1.76. The van der Waals surface area contributed by atoms with Crippen LogP contribution in [0, 0.1) is 0 Å². The van der Waals surface area contributed by atoms with Crippen LogP contribution in [0.15, 0.2) is 53.5 Å². The molecule has 0 saturated carbocycles. The highest BCUT2D eigenvalue weighted by atomic mass is 19.4. The summed E-state index contributed by atoms with van der Waals surface area (Å²) in [5.41, 5.74) is 8.44. The maximum absolute atomic E-state index is 12.1. The van der Waals surface area contributed by atoms with Crippen molar-refractivity contribution in [1.82, 2.24) is 5.32 Å². The average molecular weight is 367 g/mol. The van der Waals surface area contributed by atoms with Gasteiger partial charge < -0.3 is 20.9 Å². The molecule has 0 aliphatic heterocycles. The number of alkyl halides is 3. The molecule has 26 heavy (non-hydrogen) atoms.